The summed E-state index contributed by atoms with van der Waals surface area (Å²) in [4.78, 5) is 0. The van der Waals surface area contributed by atoms with Crippen molar-refractivity contribution in [2.24, 2.45) is 0 Å². The van der Waals surface area contributed by atoms with Gasteiger partial charge >= 0.3 is 0 Å². The van der Waals surface area contributed by atoms with E-state index in [1.54, 1.807) is 0 Å². The number of benzene rings is 1. The molecule has 1 unspecified atom stereocenters. The van der Waals surface area contributed by atoms with Gasteiger partial charge in [-0.3, -0.25) is 0 Å². The Labute approximate surface area is 74.0 Å². The first-order chi connectivity index (χ1) is 5.34. The quantitative estimate of drug-likeness (QED) is 0.644. The van der Waals surface area contributed by atoms with Gasteiger partial charge in [-0.25, -0.2) is 0 Å². The van der Waals surface area contributed by atoms with Crippen LogP contribution >= 0.6 is 12.6 Å². The average Bonchev–Trinajstić information content (AvgIpc) is 2.07. The van der Waals surface area contributed by atoms with Gasteiger partial charge in [0.1, 0.15) is 0 Å². The molecule has 0 N–H and O–H groups in total. The van der Waals surface area contributed by atoms with Crippen LogP contribution in [0.4, 0.5) is 0 Å². The molecule has 1 radical (unpaired) electrons. The average molecular weight is 165 g/mol. The second-order valence-corrected chi connectivity index (χ2v) is 3.21. The molecule has 0 spiro atoms. The van der Waals surface area contributed by atoms with E-state index in [9.17, 15) is 0 Å². The minimum Gasteiger partial charge on any atom is -0.0941 e. The summed E-state index contributed by atoms with van der Waals surface area (Å²) in [7, 11) is 0. The molecule has 0 bridgehead atoms. The largest absolute Gasteiger partial charge is 0.0941 e. The summed E-state index contributed by atoms with van der Waals surface area (Å²) in [6.07, 6.45) is 1.11. The molecule has 1 atom stereocenters. The van der Waals surface area contributed by atoms with Gasteiger partial charge in [-0.15, -0.1) is 0 Å². The molecule has 0 saturated carbocycles. The fourth-order valence-electron chi connectivity index (χ4n) is 1.13. The van der Waals surface area contributed by atoms with Crippen LogP contribution in [0, 0.1) is 0 Å². The van der Waals surface area contributed by atoms with Crippen LogP contribution in [0.3, 0.4) is 0 Å². The van der Waals surface area contributed by atoms with Gasteiger partial charge in [0.15, 0.2) is 0 Å². The van der Waals surface area contributed by atoms with Gasteiger partial charge in [0.05, 0.1) is 0 Å². The Morgan fingerprint density at radius 1 is 1.27 bits per heavy atom. The Balaban J connectivity index is 2.61. The highest BCUT2D eigenvalue weighted by atomic mass is 32.1. The summed E-state index contributed by atoms with van der Waals surface area (Å²) in [6.45, 7) is 2.22. The Bertz CT molecular complexity index is 193. The lowest BCUT2D eigenvalue weighted by Crippen LogP contribution is -1.93. The van der Waals surface area contributed by atoms with E-state index >= 15 is 0 Å². The van der Waals surface area contributed by atoms with E-state index in [1.807, 2.05) is 6.07 Å². The van der Waals surface area contributed by atoms with Crippen molar-refractivity contribution >= 4 is 12.6 Å². The van der Waals surface area contributed by atoms with Crippen LogP contribution in [-0.2, 0) is 0 Å². The zero-order chi connectivity index (χ0) is 8.10. The van der Waals surface area contributed by atoms with Crippen LogP contribution in [0.15, 0.2) is 30.3 Å². The lowest BCUT2D eigenvalue weighted by molar-refractivity contribution is 0.742. The van der Waals surface area contributed by atoms with E-state index < -0.39 is 0 Å². The molecule has 1 rings (SSSR count). The van der Waals surface area contributed by atoms with Crippen LogP contribution in [0.5, 0.6) is 0 Å². The van der Waals surface area contributed by atoms with Gasteiger partial charge in [0.2, 0.25) is 0 Å². The molecule has 11 heavy (non-hydrogen) atoms. The van der Waals surface area contributed by atoms with Gasteiger partial charge in [0, 0.05) is 5.75 Å². The van der Waals surface area contributed by atoms with Crippen LogP contribution in [0.1, 0.15) is 24.8 Å². The molecular formula is C10H13S. The monoisotopic (exact) mass is 165 g/mol. The van der Waals surface area contributed by atoms with Gasteiger partial charge in [-0.05, 0) is 17.9 Å². The highest BCUT2D eigenvalue weighted by molar-refractivity contribution is 7.80. The Morgan fingerprint density at radius 3 is 2.45 bits per heavy atom. The van der Waals surface area contributed by atoms with Gasteiger partial charge in [0.25, 0.3) is 0 Å². The predicted molar refractivity (Wildman–Crippen MR) is 51.9 cm³/mol. The first-order valence-corrected chi connectivity index (χ1v) is 4.55. The molecule has 1 aromatic rings. The third-order valence-corrected chi connectivity index (χ3v) is 2.16. The molecule has 59 valence electrons. The maximum atomic E-state index is 4.93. The molecule has 0 fully saturated rings. The summed E-state index contributed by atoms with van der Waals surface area (Å²) < 4.78 is 0. The van der Waals surface area contributed by atoms with E-state index in [-0.39, 0.29) is 0 Å². The molecule has 0 aliphatic heterocycles. The van der Waals surface area contributed by atoms with Crippen molar-refractivity contribution in [3.63, 3.8) is 0 Å². The normalized spacial score (nSPS) is 12.9. The minimum absolute atomic E-state index is 0.619. The molecule has 0 heterocycles. The van der Waals surface area contributed by atoms with Crippen LogP contribution < -0.4 is 0 Å². The molecule has 0 aliphatic rings. The van der Waals surface area contributed by atoms with Crippen molar-refractivity contribution in [1.29, 1.82) is 0 Å². The van der Waals surface area contributed by atoms with E-state index in [4.69, 9.17) is 12.6 Å². The fraction of sp³-hybridized carbons (Fsp3) is 0.400. The third kappa shape index (κ3) is 2.58. The number of hydrogen-bond donors (Lipinski definition) is 0. The fourth-order valence-corrected chi connectivity index (χ4v) is 1.48. The molecule has 0 nitrogen and oxygen atoms in total. The highest BCUT2D eigenvalue weighted by Crippen LogP contribution is 2.18. The summed E-state index contributed by atoms with van der Waals surface area (Å²) >= 11 is 4.93. The van der Waals surface area contributed by atoms with Crippen molar-refractivity contribution < 1.29 is 0 Å². The summed E-state index contributed by atoms with van der Waals surface area (Å²) in [5, 5.41) is 0. The minimum atomic E-state index is 0.619. The summed E-state index contributed by atoms with van der Waals surface area (Å²) in [5.74, 6) is 1.48. The van der Waals surface area contributed by atoms with Gasteiger partial charge in [-0.2, -0.15) is 0 Å². The standard InChI is InChI=1S/C10H13S/c1-9(7-8-11)10-5-3-2-4-6-10/h2-6,9H,7-8H2,1H3. The topological polar surface area (TPSA) is 0 Å². The highest BCUT2D eigenvalue weighted by Gasteiger charge is 2.01. The lowest BCUT2D eigenvalue weighted by Gasteiger charge is -2.08. The van der Waals surface area contributed by atoms with Crippen molar-refractivity contribution in [3.8, 4) is 0 Å². The van der Waals surface area contributed by atoms with E-state index in [1.165, 1.54) is 5.56 Å². The zero-order valence-corrected chi connectivity index (χ0v) is 7.60. The molecule has 0 aromatic heterocycles. The molecule has 0 amide bonds. The molecular weight excluding hydrogens is 152 g/mol. The van der Waals surface area contributed by atoms with Gasteiger partial charge in [-0.1, -0.05) is 49.9 Å². The maximum Gasteiger partial charge on any atom is 0.00426 e. The van der Waals surface area contributed by atoms with Crippen molar-refractivity contribution in [2.75, 3.05) is 5.75 Å². The Hall–Kier alpha value is -0.430. The van der Waals surface area contributed by atoms with Crippen molar-refractivity contribution in [2.45, 2.75) is 19.3 Å². The number of rotatable bonds is 3. The first-order valence-electron chi connectivity index (χ1n) is 3.97. The molecule has 0 saturated heterocycles. The second-order valence-electron chi connectivity index (χ2n) is 2.80. The third-order valence-electron chi connectivity index (χ3n) is 1.92. The van der Waals surface area contributed by atoms with Crippen molar-refractivity contribution in [1.82, 2.24) is 0 Å². The van der Waals surface area contributed by atoms with Crippen molar-refractivity contribution in [3.05, 3.63) is 35.9 Å². The smallest absolute Gasteiger partial charge is 0.00426 e. The summed E-state index contributed by atoms with van der Waals surface area (Å²) in [5.41, 5.74) is 1.40. The lowest BCUT2D eigenvalue weighted by atomic mass is 9.99. The maximum absolute atomic E-state index is 4.93. The Kier molecular flexibility index (Phi) is 3.50. The molecule has 1 heteroatoms. The van der Waals surface area contributed by atoms with Crippen LogP contribution in [-0.4, -0.2) is 5.75 Å². The molecule has 1 aromatic carbocycles. The predicted octanol–water partition coefficient (Wildman–Crippen LogP) is 3.38. The van der Waals surface area contributed by atoms with E-state index in [0.29, 0.717) is 5.92 Å². The Morgan fingerprint density at radius 2 is 1.91 bits per heavy atom. The zero-order valence-electron chi connectivity index (χ0n) is 6.79. The second kappa shape index (κ2) is 4.45. The summed E-state index contributed by atoms with van der Waals surface area (Å²) in [6, 6.07) is 10.5. The van der Waals surface area contributed by atoms with E-state index in [2.05, 4.69) is 31.2 Å². The van der Waals surface area contributed by atoms with Crippen LogP contribution in [0.25, 0.3) is 0 Å². The molecule has 0 aliphatic carbocycles. The SMILES string of the molecule is CC(CC[S])c1ccccc1. The van der Waals surface area contributed by atoms with Crippen LogP contribution in [0.2, 0.25) is 0 Å². The van der Waals surface area contributed by atoms with Gasteiger partial charge < -0.3 is 0 Å². The number of hydrogen-bond acceptors (Lipinski definition) is 0. The van der Waals surface area contributed by atoms with E-state index in [0.717, 1.165) is 12.2 Å². The first kappa shape index (κ1) is 8.66.